The van der Waals surface area contributed by atoms with Gasteiger partial charge in [-0.1, -0.05) is 6.07 Å². The van der Waals surface area contributed by atoms with Gasteiger partial charge in [-0.3, -0.25) is 0 Å². The fraction of sp³-hybridized carbons (Fsp3) is 0.538. The van der Waals surface area contributed by atoms with Gasteiger partial charge in [0.15, 0.2) is 0 Å². The highest BCUT2D eigenvalue weighted by Crippen LogP contribution is 2.35. The van der Waals surface area contributed by atoms with Crippen LogP contribution < -0.4 is 0 Å². The van der Waals surface area contributed by atoms with Crippen molar-refractivity contribution in [1.29, 1.82) is 0 Å². The van der Waals surface area contributed by atoms with E-state index in [1.54, 1.807) is 13.2 Å². The molecule has 2 unspecified atom stereocenters. The Balaban J connectivity index is 1.94. The van der Waals surface area contributed by atoms with Crippen LogP contribution in [0, 0.1) is 0 Å². The molecular formula is C13H18O2S. The lowest BCUT2D eigenvalue weighted by Crippen LogP contribution is -2.23. The molecule has 0 aliphatic heterocycles. The zero-order valence-electron chi connectivity index (χ0n) is 9.56. The Hall–Kier alpha value is -0.670. The molecule has 1 aromatic carbocycles. The number of phenols is 1. The molecule has 0 saturated heterocycles. The summed E-state index contributed by atoms with van der Waals surface area (Å²) in [6, 6.07) is 7.50. The van der Waals surface area contributed by atoms with Crippen molar-refractivity contribution in [2.75, 3.05) is 7.11 Å². The fourth-order valence-electron chi connectivity index (χ4n) is 2.17. The molecule has 1 aliphatic carbocycles. The lowest BCUT2D eigenvalue weighted by atomic mass is 9.97. The van der Waals surface area contributed by atoms with Crippen LogP contribution in [0.15, 0.2) is 29.2 Å². The predicted octanol–water partition coefficient (Wildman–Crippen LogP) is 3.44. The number of benzene rings is 1. The maximum absolute atomic E-state index is 9.40. The van der Waals surface area contributed by atoms with Gasteiger partial charge in [0.05, 0.1) is 6.10 Å². The maximum atomic E-state index is 9.40. The van der Waals surface area contributed by atoms with Crippen LogP contribution in [0.2, 0.25) is 0 Å². The first-order valence-corrected chi connectivity index (χ1v) is 6.64. The molecule has 0 amide bonds. The quantitative estimate of drug-likeness (QED) is 0.874. The first-order chi connectivity index (χ1) is 7.78. The number of phenolic OH excluding ortho intramolecular Hbond substituents is 1. The van der Waals surface area contributed by atoms with E-state index >= 15 is 0 Å². The molecule has 0 spiro atoms. The van der Waals surface area contributed by atoms with Gasteiger partial charge in [0, 0.05) is 17.3 Å². The molecule has 1 N–H and O–H groups in total. The van der Waals surface area contributed by atoms with Crippen LogP contribution in [-0.4, -0.2) is 23.6 Å². The van der Waals surface area contributed by atoms with E-state index in [9.17, 15) is 5.11 Å². The van der Waals surface area contributed by atoms with E-state index in [1.807, 2.05) is 23.9 Å². The van der Waals surface area contributed by atoms with Gasteiger partial charge in [0.2, 0.25) is 0 Å². The van der Waals surface area contributed by atoms with E-state index in [2.05, 4.69) is 6.07 Å². The second-order valence-corrected chi connectivity index (χ2v) is 5.64. The number of methoxy groups -OCH3 is 1. The van der Waals surface area contributed by atoms with Crippen molar-refractivity contribution in [2.45, 2.75) is 41.9 Å². The average molecular weight is 238 g/mol. The van der Waals surface area contributed by atoms with E-state index < -0.39 is 0 Å². The predicted molar refractivity (Wildman–Crippen MR) is 67.0 cm³/mol. The molecule has 1 fully saturated rings. The Kier molecular flexibility index (Phi) is 4.13. The Labute approximate surface area is 101 Å². The number of aromatic hydroxyl groups is 1. The molecule has 0 radical (unpaired) electrons. The summed E-state index contributed by atoms with van der Waals surface area (Å²) in [6.45, 7) is 0. The van der Waals surface area contributed by atoms with E-state index in [0.717, 1.165) is 11.3 Å². The molecular weight excluding hydrogens is 220 g/mol. The van der Waals surface area contributed by atoms with E-state index in [0.29, 0.717) is 17.1 Å². The highest BCUT2D eigenvalue weighted by molar-refractivity contribution is 8.00. The van der Waals surface area contributed by atoms with Crippen LogP contribution in [0.3, 0.4) is 0 Å². The van der Waals surface area contributed by atoms with E-state index in [1.165, 1.54) is 19.3 Å². The topological polar surface area (TPSA) is 29.5 Å². The molecule has 0 bridgehead atoms. The largest absolute Gasteiger partial charge is 0.508 e. The summed E-state index contributed by atoms with van der Waals surface area (Å²) in [6.07, 6.45) is 5.23. The van der Waals surface area contributed by atoms with Crippen molar-refractivity contribution in [2.24, 2.45) is 0 Å². The fourth-order valence-corrected chi connectivity index (χ4v) is 3.50. The average Bonchev–Trinajstić information content (AvgIpc) is 2.29. The molecule has 1 aromatic rings. The summed E-state index contributed by atoms with van der Waals surface area (Å²) in [4.78, 5) is 1.15. The molecule has 16 heavy (non-hydrogen) atoms. The maximum Gasteiger partial charge on any atom is 0.116 e. The molecule has 88 valence electrons. The minimum absolute atomic E-state index is 0.351. The van der Waals surface area contributed by atoms with Crippen LogP contribution in [-0.2, 0) is 4.74 Å². The second kappa shape index (κ2) is 5.60. The summed E-state index contributed by atoms with van der Waals surface area (Å²) >= 11 is 1.86. The number of hydrogen-bond donors (Lipinski definition) is 1. The van der Waals surface area contributed by atoms with Crippen LogP contribution in [0.5, 0.6) is 5.75 Å². The zero-order valence-corrected chi connectivity index (χ0v) is 10.4. The van der Waals surface area contributed by atoms with Gasteiger partial charge in [-0.2, -0.15) is 0 Å². The molecule has 2 atom stereocenters. The second-order valence-electron chi connectivity index (χ2n) is 4.26. The van der Waals surface area contributed by atoms with Crippen molar-refractivity contribution < 1.29 is 9.84 Å². The number of ether oxygens (including phenoxy) is 1. The smallest absolute Gasteiger partial charge is 0.116 e. The molecule has 1 aliphatic rings. The van der Waals surface area contributed by atoms with Crippen molar-refractivity contribution >= 4 is 11.8 Å². The number of hydrogen-bond acceptors (Lipinski definition) is 3. The van der Waals surface area contributed by atoms with Crippen molar-refractivity contribution in [1.82, 2.24) is 0 Å². The van der Waals surface area contributed by atoms with Gasteiger partial charge >= 0.3 is 0 Å². The third-order valence-electron chi connectivity index (χ3n) is 3.03. The minimum Gasteiger partial charge on any atom is -0.508 e. The summed E-state index contributed by atoms with van der Waals surface area (Å²) in [7, 11) is 1.80. The van der Waals surface area contributed by atoms with Crippen molar-refractivity contribution in [3.05, 3.63) is 24.3 Å². The Morgan fingerprint density at radius 1 is 1.38 bits per heavy atom. The minimum atomic E-state index is 0.351. The van der Waals surface area contributed by atoms with Gasteiger partial charge in [0.1, 0.15) is 5.75 Å². The summed E-state index contributed by atoms with van der Waals surface area (Å²) in [5, 5.41) is 10.0. The first kappa shape index (κ1) is 11.8. The zero-order chi connectivity index (χ0) is 11.4. The van der Waals surface area contributed by atoms with Crippen LogP contribution in [0.4, 0.5) is 0 Å². The van der Waals surface area contributed by atoms with E-state index in [4.69, 9.17) is 4.74 Å². The third kappa shape index (κ3) is 3.16. The van der Waals surface area contributed by atoms with Crippen LogP contribution in [0.25, 0.3) is 0 Å². The number of rotatable bonds is 3. The Morgan fingerprint density at radius 2 is 2.25 bits per heavy atom. The van der Waals surface area contributed by atoms with Crippen molar-refractivity contribution in [3.63, 3.8) is 0 Å². The van der Waals surface area contributed by atoms with Gasteiger partial charge in [-0.15, -0.1) is 11.8 Å². The first-order valence-electron chi connectivity index (χ1n) is 5.76. The van der Waals surface area contributed by atoms with Gasteiger partial charge in [0.25, 0.3) is 0 Å². The normalized spacial score (nSPS) is 25.6. The summed E-state index contributed by atoms with van der Waals surface area (Å²) in [5.41, 5.74) is 0. The van der Waals surface area contributed by atoms with Gasteiger partial charge in [-0.25, -0.2) is 0 Å². The van der Waals surface area contributed by atoms with Crippen LogP contribution in [0.1, 0.15) is 25.7 Å². The lowest BCUT2D eigenvalue weighted by Gasteiger charge is -2.27. The highest BCUT2D eigenvalue weighted by atomic mass is 32.2. The Bertz CT molecular complexity index is 340. The molecule has 0 aromatic heterocycles. The lowest BCUT2D eigenvalue weighted by molar-refractivity contribution is 0.0730. The molecule has 3 heteroatoms. The number of thioether (sulfide) groups is 1. The summed E-state index contributed by atoms with van der Waals surface area (Å²) in [5.74, 6) is 0.351. The molecule has 1 saturated carbocycles. The third-order valence-corrected chi connectivity index (χ3v) is 4.32. The highest BCUT2D eigenvalue weighted by Gasteiger charge is 2.22. The molecule has 0 heterocycles. The van der Waals surface area contributed by atoms with Crippen LogP contribution >= 0.6 is 11.8 Å². The van der Waals surface area contributed by atoms with E-state index in [-0.39, 0.29) is 0 Å². The summed E-state index contributed by atoms with van der Waals surface area (Å²) < 4.78 is 5.42. The molecule has 2 rings (SSSR count). The SMILES string of the molecule is COC1CCCC(Sc2cccc(O)c2)C1. The molecule has 2 nitrogen and oxygen atoms in total. The standard InChI is InChI=1S/C13H18O2S/c1-15-11-5-3-7-13(9-11)16-12-6-2-4-10(14)8-12/h2,4,6,8,11,13-14H,3,5,7,9H2,1H3. The van der Waals surface area contributed by atoms with Gasteiger partial charge in [-0.05, 0) is 43.9 Å². The van der Waals surface area contributed by atoms with Crippen molar-refractivity contribution in [3.8, 4) is 5.75 Å². The monoisotopic (exact) mass is 238 g/mol. The van der Waals surface area contributed by atoms with Gasteiger partial charge < -0.3 is 9.84 Å². The Morgan fingerprint density at radius 3 is 3.00 bits per heavy atom.